The third-order valence-corrected chi connectivity index (χ3v) is 3.06. The highest BCUT2D eigenvalue weighted by Gasteiger charge is 2.25. The van der Waals surface area contributed by atoms with E-state index in [2.05, 4.69) is 0 Å². The summed E-state index contributed by atoms with van der Waals surface area (Å²) in [7, 11) is -2.94. The highest BCUT2D eigenvalue weighted by molar-refractivity contribution is 7.90. The molecule has 2 atom stereocenters. The Labute approximate surface area is 73.0 Å². The second-order valence-corrected chi connectivity index (χ2v) is 5.56. The van der Waals surface area contributed by atoms with Crippen molar-refractivity contribution in [3.05, 3.63) is 0 Å². The summed E-state index contributed by atoms with van der Waals surface area (Å²) in [4.78, 5) is 0. The van der Waals surface area contributed by atoms with Gasteiger partial charge in [0.05, 0.1) is 12.4 Å². The summed E-state index contributed by atoms with van der Waals surface area (Å²) < 4.78 is 26.9. The first-order chi connectivity index (χ1) is 5.49. The van der Waals surface area contributed by atoms with Crippen LogP contribution in [0.1, 0.15) is 6.42 Å². The monoisotopic (exact) mass is 193 g/mol. The lowest BCUT2D eigenvalue weighted by molar-refractivity contribution is 0.182. The van der Waals surface area contributed by atoms with Gasteiger partial charge >= 0.3 is 0 Å². The molecule has 72 valence electrons. The molecule has 0 amide bonds. The molecule has 1 rings (SSSR count). The Bertz CT molecular complexity index is 231. The molecule has 0 aromatic heterocycles. The van der Waals surface area contributed by atoms with Crippen molar-refractivity contribution < 1.29 is 13.2 Å². The average Bonchev–Trinajstić information content (AvgIpc) is 2.32. The first kappa shape index (κ1) is 9.95. The fourth-order valence-electron chi connectivity index (χ4n) is 1.38. The molecule has 5 heteroatoms. The van der Waals surface area contributed by atoms with Crippen LogP contribution in [0.5, 0.6) is 0 Å². The Morgan fingerprint density at radius 1 is 1.67 bits per heavy atom. The topological polar surface area (TPSA) is 69.4 Å². The molecule has 2 unspecified atom stereocenters. The summed E-state index contributed by atoms with van der Waals surface area (Å²) >= 11 is 0. The molecule has 0 bridgehead atoms. The van der Waals surface area contributed by atoms with Crippen molar-refractivity contribution in [1.82, 2.24) is 0 Å². The molecule has 2 N–H and O–H groups in total. The normalized spacial score (nSPS) is 27.3. The molecule has 1 heterocycles. The average molecular weight is 193 g/mol. The number of ether oxygens (including phenoxy) is 1. The molecule has 1 aliphatic heterocycles. The fraction of sp³-hybridized carbons (Fsp3) is 1.00. The number of hydrogen-bond donors (Lipinski definition) is 1. The Hall–Kier alpha value is -0.130. The lowest BCUT2D eigenvalue weighted by Gasteiger charge is -2.15. The summed E-state index contributed by atoms with van der Waals surface area (Å²) in [6.45, 7) is 1.32. The molecular formula is C7H15NO3S. The molecule has 0 aromatic rings. The van der Waals surface area contributed by atoms with Gasteiger partial charge in [-0.1, -0.05) is 0 Å². The summed E-state index contributed by atoms with van der Waals surface area (Å²) in [5.41, 5.74) is 5.71. The Balaban J connectivity index is 2.42. The number of sulfone groups is 1. The van der Waals surface area contributed by atoms with Crippen molar-refractivity contribution in [1.29, 1.82) is 0 Å². The Morgan fingerprint density at radius 2 is 2.33 bits per heavy atom. The molecule has 0 spiro atoms. The molecule has 4 nitrogen and oxygen atoms in total. The minimum absolute atomic E-state index is 0.0705. The van der Waals surface area contributed by atoms with Crippen LogP contribution in [0.4, 0.5) is 0 Å². The van der Waals surface area contributed by atoms with Gasteiger partial charge in [0.15, 0.2) is 0 Å². The van der Waals surface area contributed by atoms with Gasteiger partial charge in [0, 0.05) is 24.8 Å². The zero-order valence-corrected chi connectivity index (χ0v) is 8.01. The standard InChI is InChI=1S/C7H15NO3S/c1-12(9,10)5-7(8)6-2-3-11-4-6/h6-7H,2-5,8H2,1H3. The van der Waals surface area contributed by atoms with E-state index < -0.39 is 9.84 Å². The van der Waals surface area contributed by atoms with E-state index in [0.717, 1.165) is 6.42 Å². The molecule has 1 saturated heterocycles. The van der Waals surface area contributed by atoms with Crippen LogP contribution in [0.3, 0.4) is 0 Å². The smallest absolute Gasteiger partial charge is 0.148 e. The van der Waals surface area contributed by atoms with Gasteiger partial charge in [0.25, 0.3) is 0 Å². The van der Waals surface area contributed by atoms with E-state index in [-0.39, 0.29) is 17.7 Å². The molecule has 0 radical (unpaired) electrons. The van der Waals surface area contributed by atoms with Crippen LogP contribution < -0.4 is 5.73 Å². The van der Waals surface area contributed by atoms with Crippen LogP contribution in [0.15, 0.2) is 0 Å². The van der Waals surface area contributed by atoms with Gasteiger partial charge in [-0.2, -0.15) is 0 Å². The Kier molecular flexibility index (Phi) is 3.09. The number of rotatable bonds is 3. The maximum absolute atomic E-state index is 10.9. The van der Waals surface area contributed by atoms with Crippen molar-refractivity contribution in [3.63, 3.8) is 0 Å². The number of nitrogens with two attached hydrogens (primary N) is 1. The molecule has 1 fully saturated rings. The SMILES string of the molecule is CS(=O)(=O)CC(N)C1CCOC1. The Morgan fingerprint density at radius 3 is 2.75 bits per heavy atom. The van der Waals surface area contributed by atoms with Crippen LogP contribution in [-0.4, -0.2) is 39.7 Å². The first-order valence-corrected chi connectivity index (χ1v) is 6.06. The minimum atomic E-state index is -2.94. The van der Waals surface area contributed by atoms with Crippen molar-refractivity contribution in [3.8, 4) is 0 Å². The summed E-state index contributed by atoms with van der Waals surface area (Å²) in [5.74, 6) is 0.292. The lowest BCUT2D eigenvalue weighted by atomic mass is 10.0. The molecule has 1 aliphatic rings. The van der Waals surface area contributed by atoms with Crippen molar-refractivity contribution in [2.45, 2.75) is 12.5 Å². The van der Waals surface area contributed by atoms with Crippen LogP contribution in [-0.2, 0) is 14.6 Å². The third-order valence-electron chi connectivity index (χ3n) is 2.07. The van der Waals surface area contributed by atoms with E-state index in [1.165, 1.54) is 6.26 Å². The van der Waals surface area contributed by atoms with Gasteiger partial charge < -0.3 is 10.5 Å². The van der Waals surface area contributed by atoms with Gasteiger partial charge in [0.2, 0.25) is 0 Å². The maximum Gasteiger partial charge on any atom is 0.148 e. The fourth-order valence-corrected chi connectivity index (χ4v) is 2.35. The number of hydrogen-bond acceptors (Lipinski definition) is 4. The summed E-state index contributed by atoms with van der Waals surface area (Å²) in [6, 6.07) is -0.262. The molecular weight excluding hydrogens is 178 g/mol. The highest BCUT2D eigenvalue weighted by atomic mass is 32.2. The van der Waals surface area contributed by atoms with Gasteiger partial charge in [-0.3, -0.25) is 0 Å². The summed E-state index contributed by atoms with van der Waals surface area (Å²) in [5, 5.41) is 0. The van der Waals surface area contributed by atoms with Crippen LogP contribution >= 0.6 is 0 Å². The van der Waals surface area contributed by atoms with Crippen molar-refractivity contribution in [2.24, 2.45) is 11.7 Å². The second kappa shape index (κ2) is 3.72. The van der Waals surface area contributed by atoms with E-state index in [1.807, 2.05) is 0 Å². The summed E-state index contributed by atoms with van der Waals surface area (Å²) in [6.07, 6.45) is 2.10. The van der Waals surface area contributed by atoms with Crippen LogP contribution in [0, 0.1) is 5.92 Å². The zero-order chi connectivity index (χ0) is 9.19. The molecule has 0 aromatic carbocycles. The van der Waals surface area contributed by atoms with E-state index >= 15 is 0 Å². The molecule has 0 aliphatic carbocycles. The molecule has 0 saturated carbocycles. The third kappa shape index (κ3) is 3.08. The lowest BCUT2D eigenvalue weighted by Crippen LogP contribution is -2.36. The van der Waals surface area contributed by atoms with Crippen LogP contribution in [0.2, 0.25) is 0 Å². The van der Waals surface area contributed by atoms with Gasteiger partial charge in [-0.15, -0.1) is 0 Å². The second-order valence-electron chi connectivity index (χ2n) is 3.38. The zero-order valence-electron chi connectivity index (χ0n) is 7.19. The van der Waals surface area contributed by atoms with Crippen molar-refractivity contribution >= 4 is 9.84 Å². The van der Waals surface area contributed by atoms with Crippen LogP contribution in [0.25, 0.3) is 0 Å². The van der Waals surface area contributed by atoms with E-state index in [4.69, 9.17) is 10.5 Å². The van der Waals surface area contributed by atoms with Gasteiger partial charge in [0.1, 0.15) is 9.84 Å². The van der Waals surface area contributed by atoms with Gasteiger partial charge in [-0.25, -0.2) is 8.42 Å². The first-order valence-electron chi connectivity index (χ1n) is 4.00. The molecule has 12 heavy (non-hydrogen) atoms. The largest absolute Gasteiger partial charge is 0.381 e. The maximum atomic E-state index is 10.9. The van der Waals surface area contributed by atoms with E-state index in [0.29, 0.717) is 13.2 Å². The predicted octanol–water partition coefficient (Wildman–Crippen LogP) is -0.605. The van der Waals surface area contributed by atoms with Gasteiger partial charge in [-0.05, 0) is 6.42 Å². The minimum Gasteiger partial charge on any atom is -0.381 e. The quantitative estimate of drug-likeness (QED) is 0.649. The van der Waals surface area contributed by atoms with Crippen molar-refractivity contribution in [2.75, 3.05) is 25.2 Å². The van der Waals surface area contributed by atoms with E-state index in [9.17, 15) is 8.42 Å². The van der Waals surface area contributed by atoms with E-state index in [1.54, 1.807) is 0 Å². The predicted molar refractivity (Wildman–Crippen MR) is 46.6 cm³/mol. The highest BCUT2D eigenvalue weighted by Crippen LogP contribution is 2.16.